The van der Waals surface area contributed by atoms with Crippen LogP contribution < -0.4 is 14.8 Å². The second-order valence-corrected chi connectivity index (χ2v) is 7.69. The van der Waals surface area contributed by atoms with Crippen molar-refractivity contribution in [1.82, 2.24) is 14.6 Å². The Balaban J connectivity index is 1.60. The summed E-state index contributed by atoms with van der Waals surface area (Å²) < 4.78 is 26.3. The number of para-hydroxylation sites is 1. The molecule has 7 nitrogen and oxygen atoms in total. The average Bonchev–Trinajstić information content (AvgIpc) is 3.24. The molecule has 4 aromatic rings. The maximum Gasteiger partial charge on any atom is 0.224 e. The molecule has 2 aromatic heterocycles. The first-order valence-corrected chi connectivity index (χ1v) is 10.5. The molecule has 0 radical (unpaired) electrons. The Bertz CT molecular complexity index is 1310. The van der Waals surface area contributed by atoms with Crippen molar-refractivity contribution in [2.75, 3.05) is 19.5 Å². The van der Waals surface area contributed by atoms with E-state index in [4.69, 9.17) is 19.6 Å². The van der Waals surface area contributed by atoms with Gasteiger partial charge in [-0.1, -0.05) is 12.1 Å². The van der Waals surface area contributed by atoms with Crippen molar-refractivity contribution in [2.45, 2.75) is 26.7 Å². The van der Waals surface area contributed by atoms with Gasteiger partial charge in [0.1, 0.15) is 17.3 Å². The van der Waals surface area contributed by atoms with E-state index in [0.29, 0.717) is 23.6 Å². The summed E-state index contributed by atoms with van der Waals surface area (Å²) in [6, 6.07) is 13.6. The minimum atomic E-state index is -0.459. The number of benzene rings is 2. The molecule has 0 saturated carbocycles. The highest BCUT2D eigenvalue weighted by molar-refractivity contribution is 5.91. The SMILES string of the molecule is COc1cc(OC)cc(-c2cc3nc(C)c(CCC(=O)Nc4ccccc4F)c(C)n3n2)c1. The summed E-state index contributed by atoms with van der Waals surface area (Å²) in [5, 5.41) is 7.36. The number of aryl methyl sites for hydroxylation is 2. The smallest absolute Gasteiger partial charge is 0.224 e. The largest absolute Gasteiger partial charge is 0.497 e. The quantitative estimate of drug-likeness (QED) is 0.442. The average molecular weight is 448 g/mol. The lowest BCUT2D eigenvalue weighted by Gasteiger charge is -2.11. The summed E-state index contributed by atoms with van der Waals surface area (Å²) in [7, 11) is 3.21. The Labute approximate surface area is 191 Å². The van der Waals surface area contributed by atoms with Crippen LogP contribution in [0.15, 0.2) is 48.5 Å². The number of methoxy groups -OCH3 is 2. The van der Waals surface area contributed by atoms with Crippen molar-refractivity contribution >= 4 is 17.2 Å². The zero-order valence-corrected chi connectivity index (χ0v) is 19.0. The highest BCUT2D eigenvalue weighted by Crippen LogP contribution is 2.30. The lowest BCUT2D eigenvalue weighted by atomic mass is 10.1. The number of carbonyl (C=O) groups excluding carboxylic acids is 1. The van der Waals surface area contributed by atoms with E-state index < -0.39 is 5.82 Å². The van der Waals surface area contributed by atoms with E-state index in [0.717, 1.165) is 28.2 Å². The lowest BCUT2D eigenvalue weighted by molar-refractivity contribution is -0.116. The lowest BCUT2D eigenvalue weighted by Crippen LogP contribution is -2.15. The fourth-order valence-corrected chi connectivity index (χ4v) is 3.80. The van der Waals surface area contributed by atoms with E-state index in [1.165, 1.54) is 12.1 Å². The van der Waals surface area contributed by atoms with E-state index in [9.17, 15) is 9.18 Å². The van der Waals surface area contributed by atoms with Crippen molar-refractivity contribution in [3.63, 3.8) is 0 Å². The highest BCUT2D eigenvalue weighted by Gasteiger charge is 2.16. The molecular weight excluding hydrogens is 423 g/mol. The van der Waals surface area contributed by atoms with E-state index in [1.807, 2.05) is 32.0 Å². The second kappa shape index (κ2) is 9.28. The van der Waals surface area contributed by atoms with Gasteiger partial charge in [-0.3, -0.25) is 4.79 Å². The van der Waals surface area contributed by atoms with Gasteiger partial charge in [0.25, 0.3) is 0 Å². The molecule has 0 atom stereocenters. The van der Waals surface area contributed by atoms with Crippen LogP contribution in [-0.4, -0.2) is 34.7 Å². The number of anilines is 1. The zero-order chi connectivity index (χ0) is 23.5. The molecule has 0 unspecified atom stereocenters. The maximum absolute atomic E-state index is 13.8. The summed E-state index contributed by atoms with van der Waals surface area (Å²) in [5.74, 6) is 0.621. The molecule has 33 heavy (non-hydrogen) atoms. The van der Waals surface area contributed by atoms with Gasteiger partial charge in [-0.05, 0) is 50.1 Å². The zero-order valence-electron chi connectivity index (χ0n) is 19.0. The molecule has 1 N–H and O–H groups in total. The Morgan fingerprint density at radius 1 is 1.06 bits per heavy atom. The molecule has 0 bridgehead atoms. The molecule has 2 heterocycles. The molecule has 0 aliphatic rings. The summed E-state index contributed by atoms with van der Waals surface area (Å²) >= 11 is 0. The molecular formula is C25H25FN4O3. The molecule has 2 aromatic carbocycles. The van der Waals surface area contributed by atoms with Crippen LogP contribution >= 0.6 is 0 Å². The number of nitrogens with one attached hydrogen (secondary N) is 1. The Morgan fingerprint density at radius 2 is 1.76 bits per heavy atom. The second-order valence-electron chi connectivity index (χ2n) is 7.69. The fraction of sp³-hybridized carbons (Fsp3) is 0.240. The van der Waals surface area contributed by atoms with Crippen molar-refractivity contribution in [1.29, 1.82) is 0 Å². The molecule has 0 aliphatic heterocycles. The first-order chi connectivity index (χ1) is 15.9. The molecule has 4 rings (SSSR count). The summed E-state index contributed by atoms with van der Waals surface area (Å²) in [6.07, 6.45) is 0.660. The Hall–Kier alpha value is -3.94. The van der Waals surface area contributed by atoms with Crippen LogP contribution in [0.2, 0.25) is 0 Å². The van der Waals surface area contributed by atoms with Crippen LogP contribution in [0.3, 0.4) is 0 Å². The summed E-state index contributed by atoms with van der Waals surface area (Å²) in [5.41, 5.74) is 5.13. The van der Waals surface area contributed by atoms with Gasteiger partial charge in [-0.25, -0.2) is 13.9 Å². The van der Waals surface area contributed by atoms with Gasteiger partial charge >= 0.3 is 0 Å². The van der Waals surface area contributed by atoms with E-state index >= 15 is 0 Å². The van der Waals surface area contributed by atoms with E-state index in [2.05, 4.69) is 5.32 Å². The van der Waals surface area contributed by atoms with Gasteiger partial charge in [0.15, 0.2) is 5.65 Å². The van der Waals surface area contributed by atoms with Gasteiger partial charge in [0, 0.05) is 35.5 Å². The summed E-state index contributed by atoms with van der Waals surface area (Å²) in [4.78, 5) is 17.1. The van der Waals surface area contributed by atoms with Gasteiger partial charge < -0.3 is 14.8 Å². The number of rotatable bonds is 7. The van der Waals surface area contributed by atoms with Crippen molar-refractivity contribution in [3.8, 4) is 22.8 Å². The van der Waals surface area contributed by atoms with Crippen LogP contribution in [0.5, 0.6) is 11.5 Å². The predicted octanol–water partition coefficient (Wildman–Crippen LogP) is 4.74. The van der Waals surface area contributed by atoms with Crippen molar-refractivity contribution in [3.05, 3.63) is 71.3 Å². The topological polar surface area (TPSA) is 77.8 Å². The summed E-state index contributed by atoms with van der Waals surface area (Å²) in [6.45, 7) is 3.87. The highest BCUT2D eigenvalue weighted by atomic mass is 19.1. The van der Waals surface area contributed by atoms with Crippen LogP contribution in [0.1, 0.15) is 23.4 Å². The van der Waals surface area contributed by atoms with Gasteiger partial charge in [-0.15, -0.1) is 0 Å². The number of carbonyl (C=O) groups is 1. The molecule has 0 spiro atoms. The predicted molar refractivity (Wildman–Crippen MR) is 124 cm³/mol. The number of hydrogen-bond acceptors (Lipinski definition) is 5. The van der Waals surface area contributed by atoms with Crippen LogP contribution in [0.4, 0.5) is 10.1 Å². The minimum Gasteiger partial charge on any atom is -0.497 e. The fourth-order valence-electron chi connectivity index (χ4n) is 3.80. The third-order valence-corrected chi connectivity index (χ3v) is 5.56. The molecule has 1 amide bonds. The van der Waals surface area contributed by atoms with E-state index in [1.54, 1.807) is 36.9 Å². The van der Waals surface area contributed by atoms with Crippen molar-refractivity contribution in [2.24, 2.45) is 0 Å². The molecule has 170 valence electrons. The molecule has 0 aliphatic carbocycles. The normalized spacial score (nSPS) is 10.9. The van der Waals surface area contributed by atoms with Crippen LogP contribution in [0, 0.1) is 19.7 Å². The van der Waals surface area contributed by atoms with Gasteiger partial charge in [0.05, 0.1) is 25.6 Å². The molecule has 0 saturated heterocycles. The van der Waals surface area contributed by atoms with Gasteiger partial charge in [0.2, 0.25) is 5.91 Å². The third-order valence-electron chi connectivity index (χ3n) is 5.56. The standard InChI is InChI=1S/C25H25FN4O3/c1-15-20(9-10-25(31)28-22-8-6-5-7-21(22)26)16(2)30-24(27-15)14-23(29-30)17-11-18(32-3)13-19(12-17)33-4/h5-8,11-14H,9-10H2,1-4H3,(H,28,31). The number of nitrogens with zero attached hydrogens (tertiary/aromatic N) is 3. The number of hydrogen-bond donors (Lipinski definition) is 1. The van der Waals surface area contributed by atoms with Gasteiger partial charge in [-0.2, -0.15) is 5.10 Å². The number of amides is 1. The first kappa shape index (κ1) is 22.3. The first-order valence-electron chi connectivity index (χ1n) is 10.5. The monoisotopic (exact) mass is 448 g/mol. The number of halogens is 1. The number of fused-ring (bicyclic) bond motifs is 1. The Morgan fingerprint density at radius 3 is 2.42 bits per heavy atom. The molecule has 8 heteroatoms. The minimum absolute atomic E-state index is 0.176. The maximum atomic E-state index is 13.8. The number of aromatic nitrogens is 3. The molecule has 0 fully saturated rings. The third kappa shape index (κ3) is 4.64. The van der Waals surface area contributed by atoms with Crippen LogP contribution in [-0.2, 0) is 11.2 Å². The van der Waals surface area contributed by atoms with Crippen LogP contribution in [0.25, 0.3) is 16.9 Å². The van der Waals surface area contributed by atoms with Crippen molar-refractivity contribution < 1.29 is 18.7 Å². The number of ether oxygens (including phenoxy) is 2. The Kier molecular flexibility index (Phi) is 6.26. The van der Waals surface area contributed by atoms with E-state index in [-0.39, 0.29) is 18.0 Å².